The van der Waals surface area contributed by atoms with E-state index in [4.69, 9.17) is 0 Å². The molecule has 0 radical (unpaired) electrons. The van der Waals surface area contributed by atoms with Gasteiger partial charge in [0.15, 0.2) is 6.04 Å². The summed E-state index contributed by atoms with van der Waals surface area (Å²) in [6.45, 7) is 2.29. The van der Waals surface area contributed by atoms with Crippen molar-refractivity contribution in [2.24, 2.45) is 0 Å². The van der Waals surface area contributed by atoms with E-state index in [0.29, 0.717) is 0 Å². The van der Waals surface area contributed by atoms with Gasteiger partial charge in [-0.25, -0.2) is 4.68 Å². The minimum Gasteiger partial charge on any atom is -0.363 e. The first-order chi connectivity index (χ1) is 17.8. The van der Waals surface area contributed by atoms with Crippen LogP contribution in [0.4, 0.5) is 19.0 Å². The number of hydrogen-bond acceptors (Lipinski definition) is 3. The van der Waals surface area contributed by atoms with Crippen LogP contribution in [0.3, 0.4) is 0 Å². The molecule has 5 nitrogen and oxygen atoms in total. The van der Waals surface area contributed by atoms with Crippen molar-refractivity contribution in [2.45, 2.75) is 37.5 Å². The Morgan fingerprint density at radius 2 is 1.62 bits per heavy atom. The molecule has 1 aliphatic rings. The maximum Gasteiger partial charge on any atom is 0.410 e. The van der Waals surface area contributed by atoms with Crippen molar-refractivity contribution in [1.82, 2.24) is 15.1 Å². The summed E-state index contributed by atoms with van der Waals surface area (Å²) >= 11 is 0. The Labute approximate surface area is 213 Å². The number of aromatic nitrogens is 2. The fraction of sp³-hybridized carbons (Fsp3) is 0.241. The fourth-order valence-electron chi connectivity index (χ4n) is 4.83. The summed E-state index contributed by atoms with van der Waals surface area (Å²) in [4.78, 5) is 13.3. The second-order valence-electron chi connectivity index (χ2n) is 9.34. The van der Waals surface area contributed by atoms with Crippen molar-refractivity contribution in [1.29, 1.82) is 0 Å². The molecule has 3 aromatic carbocycles. The van der Waals surface area contributed by atoms with Crippen LogP contribution in [0.1, 0.15) is 57.0 Å². The number of rotatable bonds is 6. The molecule has 0 fully saturated rings. The first-order valence-corrected chi connectivity index (χ1v) is 12.2. The molecule has 190 valence electrons. The first kappa shape index (κ1) is 24.6. The van der Waals surface area contributed by atoms with E-state index in [1.807, 2.05) is 67.6 Å². The molecular formula is C29H27F3N4O. The van der Waals surface area contributed by atoms with Gasteiger partial charge >= 0.3 is 6.18 Å². The number of halogens is 3. The number of nitrogens with zero attached hydrogens (tertiary/aromatic N) is 2. The van der Waals surface area contributed by atoms with Gasteiger partial charge in [0.25, 0.3) is 5.91 Å². The molecule has 1 amide bonds. The zero-order valence-corrected chi connectivity index (χ0v) is 20.2. The third-order valence-corrected chi connectivity index (χ3v) is 6.83. The summed E-state index contributed by atoms with van der Waals surface area (Å²) in [5.74, 6) is -0.520. The number of aryl methyl sites for hydroxylation is 1. The SMILES string of the molecule is Cc1ccc(C(CNC(=O)c2cnn3c2NC(c2ccccc2)CC3C(F)(F)F)c2ccccc2)cc1. The predicted octanol–water partition coefficient (Wildman–Crippen LogP) is 6.41. The Hall–Kier alpha value is -4.07. The number of alkyl halides is 3. The van der Waals surface area contributed by atoms with Crippen molar-refractivity contribution in [3.05, 3.63) is 119 Å². The molecule has 3 atom stereocenters. The number of carbonyl (C=O) groups excluding carboxylic acids is 1. The lowest BCUT2D eigenvalue weighted by Crippen LogP contribution is -2.36. The van der Waals surface area contributed by atoms with Crippen LogP contribution in [-0.4, -0.2) is 28.4 Å². The van der Waals surface area contributed by atoms with E-state index in [9.17, 15) is 18.0 Å². The number of fused-ring (bicyclic) bond motifs is 1. The lowest BCUT2D eigenvalue weighted by molar-refractivity contribution is -0.173. The summed E-state index contributed by atoms with van der Waals surface area (Å²) in [5, 5.41) is 10.1. The summed E-state index contributed by atoms with van der Waals surface area (Å²) in [7, 11) is 0. The lowest BCUT2D eigenvalue weighted by Gasteiger charge is -2.34. The summed E-state index contributed by atoms with van der Waals surface area (Å²) < 4.78 is 42.9. The molecule has 0 spiro atoms. The minimum absolute atomic E-state index is 0.0755. The molecule has 0 bridgehead atoms. The molecule has 37 heavy (non-hydrogen) atoms. The van der Waals surface area contributed by atoms with Crippen molar-refractivity contribution < 1.29 is 18.0 Å². The number of benzene rings is 3. The largest absolute Gasteiger partial charge is 0.410 e. The fourth-order valence-corrected chi connectivity index (χ4v) is 4.83. The molecule has 3 unspecified atom stereocenters. The molecule has 4 aromatic rings. The van der Waals surface area contributed by atoms with Gasteiger partial charge in [-0.1, -0.05) is 90.5 Å². The molecule has 0 saturated heterocycles. The van der Waals surface area contributed by atoms with Gasteiger partial charge in [-0.15, -0.1) is 0 Å². The van der Waals surface area contributed by atoms with E-state index in [2.05, 4.69) is 15.7 Å². The molecule has 2 N–H and O–H groups in total. The third-order valence-electron chi connectivity index (χ3n) is 6.83. The minimum atomic E-state index is -4.51. The second-order valence-corrected chi connectivity index (χ2v) is 9.34. The average molecular weight is 505 g/mol. The van der Waals surface area contributed by atoms with E-state index in [-0.39, 0.29) is 30.3 Å². The highest BCUT2D eigenvalue weighted by Crippen LogP contribution is 2.44. The van der Waals surface area contributed by atoms with Gasteiger partial charge in [-0.05, 0) is 23.6 Å². The van der Waals surface area contributed by atoms with Gasteiger partial charge in [0, 0.05) is 18.9 Å². The quantitative estimate of drug-likeness (QED) is 0.319. The van der Waals surface area contributed by atoms with Crippen LogP contribution >= 0.6 is 0 Å². The van der Waals surface area contributed by atoms with Crippen LogP contribution in [0.25, 0.3) is 0 Å². The maximum atomic E-state index is 14.0. The molecule has 1 aliphatic heterocycles. The van der Waals surface area contributed by atoms with Crippen LogP contribution < -0.4 is 10.6 Å². The lowest BCUT2D eigenvalue weighted by atomic mass is 9.90. The van der Waals surface area contributed by atoms with Gasteiger partial charge in [-0.2, -0.15) is 18.3 Å². The number of anilines is 1. The average Bonchev–Trinajstić information content (AvgIpc) is 3.34. The van der Waals surface area contributed by atoms with Gasteiger partial charge in [0.2, 0.25) is 0 Å². The van der Waals surface area contributed by atoms with Crippen molar-refractivity contribution in [3.8, 4) is 0 Å². The van der Waals surface area contributed by atoms with Crippen molar-refractivity contribution >= 4 is 11.7 Å². The molecule has 0 aliphatic carbocycles. The normalized spacial score (nSPS) is 17.9. The van der Waals surface area contributed by atoms with Crippen molar-refractivity contribution in [2.75, 3.05) is 11.9 Å². The van der Waals surface area contributed by atoms with E-state index in [1.54, 1.807) is 24.3 Å². The highest BCUT2D eigenvalue weighted by Gasteiger charge is 2.47. The predicted molar refractivity (Wildman–Crippen MR) is 137 cm³/mol. The van der Waals surface area contributed by atoms with E-state index in [0.717, 1.165) is 26.9 Å². The number of hydrogen-bond donors (Lipinski definition) is 2. The van der Waals surface area contributed by atoms with Crippen LogP contribution in [-0.2, 0) is 0 Å². The molecular weight excluding hydrogens is 477 g/mol. The Morgan fingerprint density at radius 1 is 1.00 bits per heavy atom. The Bertz CT molecular complexity index is 1350. The van der Waals surface area contributed by atoms with E-state index >= 15 is 0 Å². The number of nitrogens with one attached hydrogen (secondary N) is 2. The topological polar surface area (TPSA) is 59.0 Å². The number of amides is 1. The highest BCUT2D eigenvalue weighted by atomic mass is 19.4. The smallest absolute Gasteiger partial charge is 0.363 e. The molecule has 1 aromatic heterocycles. The van der Waals surface area contributed by atoms with Gasteiger partial charge in [0.1, 0.15) is 11.4 Å². The Balaban J connectivity index is 1.42. The Kier molecular flexibility index (Phi) is 6.74. The van der Waals surface area contributed by atoms with Crippen LogP contribution in [0.2, 0.25) is 0 Å². The summed E-state index contributed by atoms with van der Waals surface area (Å²) in [6.07, 6.45) is -3.51. The third kappa shape index (κ3) is 5.23. The van der Waals surface area contributed by atoms with Gasteiger partial charge < -0.3 is 10.6 Å². The standard InChI is InChI=1S/C29H27F3N4O/c1-19-12-14-21(15-13-19)23(20-8-4-2-5-9-20)17-33-28(37)24-18-34-36-26(29(30,31)32)16-25(35-27(24)36)22-10-6-3-7-11-22/h2-15,18,23,25-26,35H,16-17H2,1H3,(H,33,37). The molecule has 0 saturated carbocycles. The summed E-state index contributed by atoms with van der Waals surface area (Å²) in [5.41, 5.74) is 4.01. The zero-order chi connectivity index (χ0) is 26.0. The monoisotopic (exact) mass is 504 g/mol. The van der Waals surface area contributed by atoms with Gasteiger partial charge in [0.05, 0.1) is 12.2 Å². The second kappa shape index (κ2) is 10.1. The Morgan fingerprint density at radius 3 is 2.27 bits per heavy atom. The van der Waals surface area contributed by atoms with Crippen LogP contribution in [0, 0.1) is 6.92 Å². The maximum absolute atomic E-state index is 14.0. The highest BCUT2D eigenvalue weighted by molar-refractivity contribution is 5.99. The van der Waals surface area contributed by atoms with Gasteiger partial charge in [-0.3, -0.25) is 4.79 Å². The first-order valence-electron chi connectivity index (χ1n) is 12.2. The zero-order valence-electron chi connectivity index (χ0n) is 20.2. The summed E-state index contributed by atoms with van der Waals surface area (Å²) in [6, 6.07) is 24.4. The van der Waals surface area contributed by atoms with E-state index in [1.165, 1.54) is 6.20 Å². The number of carbonyl (C=O) groups is 1. The molecule has 2 heterocycles. The van der Waals surface area contributed by atoms with Crippen molar-refractivity contribution in [3.63, 3.8) is 0 Å². The van der Waals surface area contributed by atoms with Crippen LogP contribution in [0.15, 0.2) is 91.1 Å². The molecule has 5 rings (SSSR count). The van der Waals surface area contributed by atoms with Crippen LogP contribution in [0.5, 0.6) is 0 Å². The van der Waals surface area contributed by atoms with E-state index < -0.39 is 24.2 Å². The molecule has 8 heteroatoms.